The zero-order chi connectivity index (χ0) is 19.6. The summed E-state index contributed by atoms with van der Waals surface area (Å²) in [6.45, 7) is 3.16. The van der Waals surface area contributed by atoms with Crippen LogP contribution >= 0.6 is 0 Å². The molecule has 8 nitrogen and oxygen atoms in total. The Morgan fingerprint density at radius 2 is 1.96 bits per heavy atom. The number of benzene rings is 1. The molecule has 1 fully saturated rings. The Bertz CT molecular complexity index is 927. The van der Waals surface area contributed by atoms with Gasteiger partial charge < -0.3 is 19.8 Å². The van der Waals surface area contributed by atoms with E-state index in [1.807, 2.05) is 0 Å². The molecule has 0 atom stereocenters. The second-order valence-corrected chi connectivity index (χ2v) is 6.02. The van der Waals surface area contributed by atoms with Crippen LogP contribution in [0.3, 0.4) is 0 Å². The molecule has 2 aromatic rings. The highest BCUT2D eigenvalue weighted by molar-refractivity contribution is 6.16. The number of nitrogens with one attached hydrogen (secondary N) is 2. The van der Waals surface area contributed by atoms with E-state index in [0.29, 0.717) is 28.5 Å². The Hall–Kier alpha value is -3.55. The molecule has 4 amide bonds. The number of urea groups is 1. The van der Waals surface area contributed by atoms with E-state index in [0.717, 1.165) is 4.90 Å². The molecule has 0 aliphatic carbocycles. The second-order valence-electron chi connectivity index (χ2n) is 6.02. The summed E-state index contributed by atoms with van der Waals surface area (Å²) in [4.78, 5) is 37.6. The van der Waals surface area contributed by atoms with Crippen LogP contribution in [0, 0.1) is 13.8 Å². The Morgan fingerprint density at radius 3 is 2.56 bits per heavy atom. The molecule has 140 valence electrons. The monoisotopic (exact) mass is 369 g/mol. The topological polar surface area (TPSA) is 101 Å². The van der Waals surface area contributed by atoms with Crippen molar-refractivity contribution in [2.45, 2.75) is 13.8 Å². The fourth-order valence-corrected chi connectivity index (χ4v) is 2.68. The number of nitrogens with zero attached hydrogens (tertiary/aromatic N) is 1. The first-order valence-corrected chi connectivity index (χ1v) is 8.23. The maximum absolute atomic E-state index is 12.5. The van der Waals surface area contributed by atoms with Crippen molar-refractivity contribution in [3.8, 4) is 5.75 Å². The second kappa shape index (κ2) is 7.36. The minimum atomic E-state index is -0.644. The van der Waals surface area contributed by atoms with Gasteiger partial charge in [-0.3, -0.25) is 9.59 Å². The fourth-order valence-electron chi connectivity index (χ4n) is 2.68. The van der Waals surface area contributed by atoms with Gasteiger partial charge in [-0.25, -0.2) is 9.69 Å². The molecular formula is C19H19N3O5. The number of furan rings is 1. The predicted octanol–water partition coefficient (Wildman–Crippen LogP) is 2.44. The van der Waals surface area contributed by atoms with Crippen LogP contribution < -0.4 is 15.4 Å². The van der Waals surface area contributed by atoms with Crippen LogP contribution in [0.5, 0.6) is 5.75 Å². The molecule has 3 rings (SSSR count). The zero-order valence-corrected chi connectivity index (χ0v) is 15.2. The minimum Gasteiger partial charge on any atom is -0.497 e. The van der Waals surface area contributed by atoms with Crippen molar-refractivity contribution in [3.63, 3.8) is 0 Å². The van der Waals surface area contributed by atoms with Crippen molar-refractivity contribution >= 4 is 29.6 Å². The van der Waals surface area contributed by atoms with Crippen LogP contribution in [-0.2, 0) is 9.59 Å². The van der Waals surface area contributed by atoms with Crippen molar-refractivity contribution < 1.29 is 23.5 Å². The van der Waals surface area contributed by atoms with Crippen LogP contribution in [0.2, 0.25) is 0 Å². The number of imide groups is 1. The largest absolute Gasteiger partial charge is 0.497 e. The summed E-state index contributed by atoms with van der Waals surface area (Å²) < 4.78 is 10.5. The van der Waals surface area contributed by atoms with Crippen LogP contribution in [0.15, 0.2) is 40.4 Å². The summed E-state index contributed by atoms with van der Waals surface area (Å²) in [5, 5.41) is 5.12. The normalized spacial score (nSPS) is 15.2. The number of amides is 4. The maximum Gasteiger partial charge on any atom is 0.329 e. The standard InChI is InChI=1S/C19H19N3O5/c1-11-8-13(12(2)27-11)9-16-18(24)22(19(25)21-16)10-17(23)20-14-4-6-15(26-3)7-5-14/h4-9H,10H2,1-3H3,(H,20,23)(H,21,25)/b16-9-. The molecule has 2 heterocycles. The van der Waals surface area contributed by atoms with E-state index >= 15 is 0 Å². The number of carbonyl (C=O) groups is 3. The molecule has 27 heavy (non-hydrogen) atoms. The number of hydrogen-bond acceptors (Lipinski definition) is 5. The van der Waals surface area contributed by atoms with Gasteiger partial charge in [-0.05, 0) is 50.3 Å². The molecule has 0 unspecified atom stereocenters. The lowest BCUT2D eigenvalue weighted by Crippen LogP contribution is -2.38. The lowest BCUT2D eigenvalue weighted by Gasteiger charge is -2.12. The van der Waals surface area contributed by atoms with Crippen molar-refractivity contribution in [1.82, 2.24) is 10.2 Å². The average molecular weight is 369 g/mol. The highest BCUT2D eigenvalue weighted by Crippen LogP contribution is 2.20. The third-order valence-electron chi connectivity index (χ3n) is 4.02. The van der Waals surface area contributed by atoms with E-state index in [1.54, 1.807) is 51.3 Å². The quantitative estimate of drug-likeness (QED) is 0.623. The molecule has 8 heteroatoms. The van der Waals surface area contributed by atoms with Gasteiger partial charge in [-0.1, -0.05) is 0 Å². The Labute approximate surface area is 155 Å². The first kappa shape index (κ1) is 18.2. The molecule has 1 aliphatic rings. The molecule has 0 radical (unpaired) electrons. The number of ether oxygens (including phenoxy) is 1. The summed E-state index contributed by atoms with van der Waals surface area (Å²) in [7, 11) is 1.54. The van der Waals surface area contributed by atoms with Crippen molar-refractivity contribution in [2.75, 3.05) is 19.0 Å². The number of rotatable bonds is 5. The van der Waals surface area contributed by atoms with Gasteiger partial charge in [0.1, 0.15) is 29.5 Å². The van der Waals surface area contributed by atoms with Gasteiger partial charge in [0.05, 0.1) is 7.11 Å². The molecule has 2 N–H and O–H groups in total. The molecule has 0 saturated carbocycles. The van der Waals surface area contributed by atoms with Gasteiger partial charge in [0.25, 0.3) is 5.91 Å². The lowest BCUT2D eigenvalue weighted by molar-refractivity contribution is -0.127. The lowest BCUT2D eigenvalue weighted by atomic mass is 10.2. The smallest absolute Gasteiger partial charge is 0.329 e. The molecule has 0 bridgehead atoms. The third-order valence-corrected chi connectivity index (χ3v) is 4.02. The first-order chi connectivity index (χ1) is 12.9. The summed E-state index contributed by atoms with van der Waals surface area (Å²) in [5.41, 5.74) is 1.33. The molecule has 1 aromatic carbocycles. The fraction of sp³-hybridized carbons (Fsp3) is 0.211. The van der Waals surface area contributed by atoms with E-state index in [2.05, 4.69) is 10.6 Å². The Morgan fingerprint density at radius 1 is 1.26 bits per heavy atom. The molecular weight excluding hydrogens is 350 g/mol. The van der Waals surface area contributed by atoms with Crippen LogP contribution in [0.1, 0.15) is 17.1 Å². The molecule has 1 saturated heterocycles. The van der Waals surface area contributed by atoms with Crippen LogP contribution in [0.4, 0.5) is 10.5 Å². The highest BCUT2D eigenvalue weighted by Gasteiger charge is 2.35. The van der Waals surface area contributed by atoms with Gasteiger partial charge in [0.15, 0.2) is 0 Å². The van der Waals surface area contributed by atoms with Crippen LogP contribution in [-0.4, -0.2) is 36.4 Å². The number of carbonyl (C=O) groups excluding carboxylic acids is 3. The van der Waals surface area contributed by atoms with Gasteiger partial charge in [0, 0.05) is 11.3 Å². The van der Waals surface area contributed by atoms with E-state index in [9.17, 15) is 14.4 Å². The number of methoxy groups -OCH3 is 1. The molecule has 1 aromatic heterocycles. The van der Waals surface area contributed by atoms with Crippen molar-refractivity contribution in [2.24, 2.45) is 0 Å². The van der Waals surface area contributed by atoms with E-state index in [1.165, 1.54) is 6.08 Å². The van der Waals surface area contributed by atoms with Gasteiger partial charge >= 0.3 is 6.03 Å². The molecule has 0 spiro atoms. The molecule has 1 aliphatic heterocycles. The maximum atomic E-state index is 12.5. The van der Waals surface area contributed by atoms with Crippen LogP contribution in [0.25, 0.3) is 6.08 Å². The Balaban J connectivity index is 1.67. The number of hydrogen-bond donors (Lipinski definition) is 2. The van der Waals surface area contributed by atoms with Gasteiger partial charge in [0.2, 0.25) is 5.91 Å². The van der Waals surface area contributed by atoms with Gasteiger partial charge in [-0.2, -0.15) is 0 Å². The zero-order valence-electron chi connectivity index (χ0n) is 15.2. The highest BCUT2D eigenvalue weighted by atomic mass is 16.5. The average Bonchev–Trinajstić information content (AvgIpc) is 3.08. The predicted molar refractivity (Wildman–Crippen MR) is 98.0 cm³/mol. The van der Waals surface area contributed by atoms with E-state index in [-0.39, 0.29) is 5.70 Å². The Kier molecular flexibility index (Phi) is 4.98. The van der Waals surface area contributed by atoms with E-state index in [4.69, 9.17) is 9.15 Å². The summed E-state index contributed by atoms with van der Waals surface area (Å²) in [6.07, 6.45) is 1.54. The van der Waals surface area contributed by atoms with E-state index < -0.39 is 24.4 Å². The summed E-state index contributed by atoms with van der Waals surface area (Å²) in [6, 6.07) is 7.84. The SMILES string of the molecule is COc1ccc(NC(=O)CN2C(=O)N/C(=C\c3cc(C)oc3C)C2=O)cc1. The first-order valence-electron chi connectivity index (χ1n) is 8.23. The van der Waals surface area contributed by atoms with Crippen molar-refractivity contribution in [1.29, 1.82) is 0 Å². The third kappa shape index (κ3) is 4.00. The summed E-state index contributed by atoms with van der Waals surface area (Å²) in [5.74, 6) is 0.939. The van der Waals surface area contributed by atoms with Gasteiger partial charge in [-0.15, -0.1) is 0 Å². The number of anilines is 1. The number of aryl methyl sites for hydroxylation is 2. The summed E-state index contributed by atoms with van der Waals surface area (Å²) >= 11 is 0. The van der Waals surface area contributed by atoms with Crippen molar-refractivity contribution in [3.05, 3.63) is 53.1 Å². The minimum absolute atomic E-state index is 0.0983.